The third-order valence-corrected chi connectivity index (χ3v) is 3.76. The van der Waals surface area contributed by atoms with Gasteiger partial charge in [0.1, 0.15) is 0 Å². The van der Waals surface area contributed by atoms with E-state index < -0.39 is 24.0 Å². The molecule has 2 rings (SSSR count). The van der Waals surface area contributed by atoms with E-state index in [1.807, 2.05) is 0 Å². The van der Waals surface area contributed by atoms with Crippen molar-refractivity contribution in [1.82, 2.24) is 4.98 Å². The number of oxazole rings is 1. The number of nitrogens with zero attached hydrogens (tertiary/aromatic N) is 1. The van der Waals surface area contributed by atoms with Gasteiger partial charge in [0.2, 0.25) is 5.76 Å². The van der Waals surface area contributed by atoms with Gasteiger partial charge in [0.05, 0.1) is 18.2 Å². The third kappa shape index (κ3) is 3.57. The summed E-state index contributed by atoms with van der Waals surface area (Å²) in [7, 11) is 0. The molecule has 1 saturated carbocycles. The maximum absolute atomic E-state index is 12.8. The van der Waals surface area contributed by atoms with Gasteiger partial charge in [-0.25, -0.2) is 9.78 Å². The standard InChI is InChI=1S/C14H18F3NO3/c1-3-20-13(19)11-8(2)18-12(21-11)9-5-4-6-10(7-9)14(15,16)17/h9-10H,3-7H2,1-2H3. The first-order valence-electron chi connectivity index (χ1n) is 7.04. The van der Waals surface area contributed by atoms with Crippen LogP contribution in [0.25, 0.3) is 0 Å². The van der Waals surface area contributed by atoms with Crippen molar-refractivity contribution in [1.29, 1.82) is 0 Å². The minimum Gasteiger partial charge on any atom is -0.460 e. The van der Waals surface area contributed by atoms with E-state index in [0.717, 1.165) is 0 Å². The number of aryl methyl sites for hydroxylation is 1. The Hall–Kier alpha value is -1.53. The van der Waals surface area contributed by atoms with Crippen molar-refractivity contribution < 1.29 is 27.1 Å². The van der Waals surface area contributed by atoms with Crippen LogP contribution in [0.4, 0.5) is 13.2 Å². The van der Waals surface area contributed by atoms with E-state index in [1.165, 1.54) is 0 Å². The second-order valence-corrected chi connectivity index (χ2v) is 5.29. The molecule has 0 amide bonds. The van der Waals surface area contributed by atoms with Gasteiger partial charge in [-0.05, 0) is 33.1 Å². The molecule has 0 radical (unpaired) electrons. The molecule has 0 bridgehead atoms. The van der Waals surface area contributed by atoms with Gasteiger partial charge in [-0.3, -0.25) is 0 Å². The highest BCUT2D eigenvalue weighted by atomic mass is 19.4. The summed E-state index contributed by atoms with van der Waals surface area (Å²) in [6.07, 6.45) is -3.01. The molecule has 7 heteroatoms. The summed E-state index contributed by atoms with van der Waals surface area (Å²) in [4.78, 5) is 15.8. The highest BCUT2D eigenvalue weighted by molar-refractivity contribution is 5.87. The molecule has 1 aliphatic carbocycles. The van der Waals surface area contributed by atoms with Crippen molar-refractivity contribution in [2.45, 2.75) is 51.6 Å². The molecule has 0 aromatic carbocycles. The molecule has 4 nitrogen and oxygen atoms in total. The lowest BCUT2D eigenvalue weighted by Crippen LogP contribution is -2.28. The average Bonchev–Trinajstić information content (AvgIpc) is 2.80. The molecule has 2 atom stereocenters. The summed E-state index contributed by atoms with van der Waals surface area (Å²) >= 11 is 0. The fourth-order valence-electron chi connectivity index (χ4n) is 2.69. The Balaban J connectivity index is 2.15. The Kier molecular flexibility index (Phi) is 4.58. The Labute approximate surface area is 120 Å². The highest BCUT2D eigenvalue weighted by Gasteiger charge is 2.43. The zero-order chi connectivity index (χ0) is 15.6. The molecule has 2 unspecified atom stereocenters. The van der Waals surface area contributed by atoms with Crippen LogP contribution in [0, 0.1) is 12.8 Å². The number of rotatable bonds is 3. The minimum atomic E-state index is -4.19. The monoisotopic (exact) mass is 305 g/mol. The van der Waals surface area contributed by atoms with Gasteiger partial charge in [-0.15, -0.1) is 0 Å². The molecule has 1 aromatic heterocycles. The van der Waals surface area contributed by atoms with Crippen LogP contribution in [-0.2, 0) is 4.74 Å². The van der Waals surface area contributed by atoms with Gasteiger partial charge in [0, 0.05) is 5.92 Å². The van der Waals surface area contributed by atoms with Crippen LogP contribution in [0.2, 0.25) is 0 Å². The van der Waals surface area contributed by atoms with Crippen LogP contribution in [0.1, 0.15) is 60.7 Å². The normalized spacial score (nSPS) is 23.1. The summed E-state index contributed by atoms with van der Waals surface area (Å²) in [5.41, 5.74) is 0.359. The predicted octanol–water partition coefficient (Wildman–Crippen LogP) is 4.00. The maximum Gasteiger partial charge on any atom is 0.391 e. The molecule has 1 fully saturated rings. The number of esters is 1. The van der Waals surface area contributed by atoms with E-state index in [2.05, 4.69) is 4.98 Å². The molecule has 1 aliphatic rings. The first-order chi connectivity index (χ1) is 9.82. The minimum absolute atomic E-state index is 0.0130. The number of carbonyl (C=O) groups is 1. The van der Waals surface area contributed by atoms with E-state index >= 15 is 0 Å². The maximum atomic E-state index is 12.8. The van der Waals surface area contributed by atoms with Gasteiger partial charge in [0.25, 0.3) is 0 Å². The second-order valence-electron chi connectivity index (χ2n) is 5.29. The number of aromatic nitrogens is 1. The number of carbonyl (C=O) groups excluding carboxylic acids is 1. The summed E-state index contributed by atoms with van der Waals surface area (Å²) in [5, 5.41) is 0. The molecule has 0 N–H and O–H groups in total. The Morgan fingerprint density at radius 2 is 2.14 bits per heavy atom. The van der Waals surface area contributed by atoms with Crippen molar-refractivity contribution in [2.75, 3.05) is 6.61 Å². The average molecular weight is 305 g/mol. The summed E-state index contributed by atoms with van der Waals surface area (Å²) < 4.78 is 48.7. The van der Waals surface area contributed by atoms with Gasteiger partial charge in [0.15, 0.2) is 5.89 Å². The van der Waals surface area contributed by atoms with E-state index in [9.17, 15) is 18.0 Å². The SMILES string of the molecule is CCOC(=O)c1oc(C2CCCC(C(F)(F)F)C2)nc1C. The van der Waals surface area contributed by atoms with Crippen molar-refractivity contribution in [3.63, 3.8) is 0 Å². The van der Waals surface area contributed by atoms with Crippen LogP contribution in [0.5, 0.6) is 0 Å². The number of hydrogen-bond acceptors (Lipinski definition) is 4. The number of hydrogen-bond donors (Lipinski definition) is 0. The molecule has 0 aliphatic heterocycles. The molecular weight excluding hydrogens is 287 g/mol. The molecule has 21 heavy (non-hydrogen) atoms. The first-order valence-corrected chi connectivity index (χ1v) is 7.04. The quantitative estimate of drug-likeness (QED) is 0.792. The Bertz CT molecular complexity index is 510. The lowest BCUT2D eigenvalue weighted by atomic mass is 9.81. The molecule has 0 saturated heterocycles. The van der Waals surface area contributed by atoms with E-state index in [4.69, 9.17) is 9.15 Å². The number of ether oxygens (including phenoxy) is 1. The van der Waals surface area contributed by atoms with Gasteiger partial charge in [-0.2, -0.15) is 13.2 Å². The summed E-state index contributed by atoms with van der Waals surface area (Å²) in [6, 6.07) is 0. The lowest BCUT2D eigenvalue weighted by Gasteiger charge is -2.28. The van der Waals surface area contributed by atoms with Crippen molar-refractivity contribution in [3.05, 3.63) is 17.3 Å². The van der Waals surface area contributed by atoms with Crippen LogP contribution < -0.4 is 0 Å². The zero-order valence-corrected chi connectivity index (χ0v) is 12.0. The fraction of sp³-hybridized carbons (Fsp3) is 0.714. The van der Waals surface area contributed by atoms with Gasteiger partial charge < -0.3 is 9.15 Å². The summed E-state index contributed by atoms with van der Waals surface area (Å²) in [6.45, 7) is 3.46. The third-order valence-electron chi connectivity index (χ3n) is 3.76. The van der Waals surface area contributed by atoms with E-state index in [0.29, 0.717) is 18.5 Å². The number of alkyl halides is 3. The van der Waals surface area contributed by atoms with Crippen LogP contribution >= 0.6 is 0 Å². The van der Waals surface area contributed by atoms with Crippen molar-refractivity contribution >= 4 is 5.97 Å². The molecular formula is C14H18F3NO3. The fourth-order valence-corrected chi connectivity index (χ4v) is 2.69. The predicted molar refractivity (Wildman–Crippen MR) is 68.0 cm³/mol. The van der Waals surface area contributed by atoms with Crippen molar-refractivity contribution in [3.8, 4) is 0 Å². The topological polar surface area (TPSA) is 52.3 Å². The molecule has 1 aromatic rings. The highest BCUT2D eigenvalue weighted by Crippen LogP contribution is 2.43. The second kappa shape index (κ2) is 6.07. The van der Waals surface area contributed by atoms with Crippen molar-refractivity contribution in [2.24, 2.45) is 5.92 Å². The molecule has 118 valence electrons. The smallest absolute Gasteiger partial charge is 0.391 e. The van der Waals surface area contributed by atoms with E-state index in [-0.39, 0.29) is 31.1 Å². The van der Waals surface area contributed by atoms with Crippen LogP contribution in [0.15, 0.2) is 4.42 Å². The molecule has 0 spiro atoms. The Morgan fingerprint density at radius 1 is 1.43 bits per heavy atom. The number of halogens is 3. The van der Waals surface area contributed by atoms with Crippen LogP contribution in [0.3, 0.4) is 0 Å². The first kappa shape index (κ1) is 15.9. The molecule has 1 heterocycles. The lowest BCUT2D eigenvalue weighted by molar-refractivity contribution is -0.183. The summed E-state index contributed by atoms with van der Waals surface area (Å²) in [5.74, 6) is -2.15. The van der Waals surface area contributed by atoms with Gasteiger partial charge in [-0.1, -0.05) is 6.42 Å². The zero-order valence-electron chi connectivity index (χ0n) is 12.0. The largest absolute Gasteiger partial charge is 0.460 e. The van der Waals surface area contributed by atoms with Crippen LogP contribution in [-0.4, -0.2) is 23.7 Å². The van der Waals surface area contributed by atoms with Gasteiger partial charge >= 0.3 is 12.1 Å². The van der Waals surface area contributed by atoms with E-state index in [1.54, 1.807) is 13.8 Å². The Morgan fingerprint density at radius 3 is 2.76 bits per heavy atom.